The summed E-state index contributed by atoms with van der Waals surface area (Å²) in [6, 6.07) is 15.3. The zero-order chi connectivity index (χ0) is 16.8. The number of rotatable bonds is 6. The summed E-state index contributed by atoms with van der Waals surface area (Å²) in [7, 11) is 1.64. The molecule has 0 aliphatic carbocycles. The molecule has 1 atom stereocenters. The largest absolute Gasteiger partial charge is 0.497 e. The van der Waals surface area contributed by atoms with Crippen LogP contribution in [0.1, 0.15) is 22.0 Å². The van der Waals surface area contributed by atoms with Crippen molar-refractivity contribution in [3.63, 3.8) is 0 Å². The van der Waals surface area contributed by atoms with Gasteiger partial charge in [-0.05, 0) is 46.8 Å². The van der Waals surface area contributed by atoms with Gasteiger partial charge < -0.3 is 10.1 Å². The van der Waals surface area contributed by atoms with Crippen LogP contribution in [0.2, 0.25) is 0 Å². The number of amides is 1. The summed E-state index contributed by atoms with van der Waals surface area (Å²) in [5.41, 5.74) is 2.00. The standard InChI is InChI=1S/C19H18N2O2S/c1-23-16-6-4-14(5-7-16)19(15-8-10-20-11-9-15)21-18(22)13-17-3-2-12-24-17/h2-12,19H,13H2,1H3,(H,21,22)/t19-/m1/s1. The van der Waals surface area contributed by atoms with Crippen molar-refractivity contribution in [3.8, 4) is 5.75 Å². The highest BCUT2D eigenvalue weighted by atomic mass is 32.1. The Morgan fingerprint density at radius 3 is 2.46 bits per heavy atom. The molecule has 0 aliphatic heterocycles. The van der Waals surface area contributed by atoms with E-state index >= 15 is 0 Å². The zero-order valence-corrected chi connectivity index (χ0v) is 14.1. The van der Waals surface area contributed by atoms with Crippen molar-refractivity contribution in [2.24, 2.45) is 0 Å². The van der Waals surface area contributed by atoms with Gasteiger partial charge in [-0.25, -0.2) is 0 Å². The van der Waals surface area contributed by atoms with Gasteiger partial charge in [-0.3, -0.25) is 9.78 Å². The van der Waals surface area contributed by atoms with Gasteiger partial charge in [-0.2, -0.15) is 0 Å². The highest BCUT2D eigenvalue weighted by Gasteiger charge is 2.17. The third kappa shape index (κ3) is 4.00. The van der Waals surface area contributed by atoms with E-state index in [4.69, 9.17) is 4.74 Å². The van der Waals surface area contributed by atoms with Gasteiger partial charge in [0.05, 0.1) is 19.6 Å². The molecule has 2 aromatic heterocycles. The fourth-order valence-corrected chi connectivity index (χ4v) is 3.20. The lowest BCUT2D eigenvalue weighted by atomic mass is 9.99. The van der Waals surface area contributed by atoms with E-state index in [1.54, 1.807) is 30.8 Å². The molecular weight excluding hydrogens is 320 g/mol. The second-order valence-electron chi connectivity index (χ2n) is 5.31. The number of ether oxygens (including phenoxy) is 1. The first-order valence-corrected chi connectivity index (χ1v) is 8.50. The summed E-state index contributed by atoms with van der Waals surface area (Å²) in [6.45, 7) is 0. The number of nitrogens with zero attached hydrogens (tertiary/aromatic N) is 1. The van der Waals surface area contributed by atoms with Crippen LogP contribution in [0.25, 0.3) is 0 Å². The lowest BCUT2D eigenvalue weighted by molar-refractivity contribution is -0.120. The Morgan fingerprint density at radius 2 is 1.83 bits per heavy atom. The summed E-state index contributed by atoms with van der Waals surface area (Å²) in [4.78, 5) is 17.6. The van der Waals surface area contributed by atoms with E-state index in [-0.39, 0.29) is 11.9 Å². The Kier molecular flexibility index (Phi) is 5.23. The molecule has 122 valence electrons. The van der Waals surface area contributed by atoms with Gasteiger partial charge in [-0.1, -0.05) is 18.2 Å². The molecule has 1 amide bonds. The first-order chi connectivity index (χ1) is 11.8. The Morgan fingerprint density at radius 1 is 1.12 bits per heavy atom. The molecule has 4 nitrogen and oxygen atoms in total. The van der Waals surface area contributed by atoms with Gasteiger partial charge in [0, 0.05) is 17.3 Å². The van der Waals surface area contributed by atoms with Crippen LogP contribution >= 0.6 is 11.3 Å². The zero-order valence-electron chi connectivity index (χ0n) is 13.3. The molecule has 3 aromatic rings. The number of carbonyl (C=O) groups is 1. The number of nitrogens with one attached hydrogen (secondary N) is 1. The monoisotopic (exact) mass is 338 g/mol. The maximum atomic E-state index is 12.4. The average molecular weight is 338 g/mol. The van der Waals surface area contributed by atoms with Crippen molar-refractivity contribution in [2.75, 3.05) is 7.11 Å². The van der Waals surface area contributed by atoms with Crippen molar-refractivity contribution in [3.05, 3.63) is 82.3 Å². The number of aromatic nitrogens is 1. The summed E-state index contributed by atoms with van der Waals surface area (Å²) in [5, 5.41) is 5.10. The average Bonchev–Trinajstić information content (AvgIpc) is 3.13. The Hall–Kier alpha value is -2.66. The van der Waals surface area contributed by atoms with E-state index in [2.05, 4.69) is 10.3 Å². The number of carbonyl (C=O) groups excluding carboxylic acids is 1. The highest BCUT2D eigenvalue weighted by molar-refractivity contribution is 7.10. The van der Waals surface area contributed by atoms with E-state index < -0.39 is 0 Å². The molecule has 5 heteroatoms. The van der Waals surface area contributed by atoms with E-state index in [9.17, 15) is 4.79 Å². The van der Waals surface area contributed by atoms with E-state index in [0.29, 0.717) is 6.42 Å². The van der Waals surface area contributed by atoms with Crippen LogP contribution in [-0.4, -0.2) is 18.0 Å². The number of hydrogen-bond donors (Lipinski definition) is 1. The molecule has 0 saturated carbocycles. The van der Waals surface area contributed by atoms with Crippen LogP contribution in [0.5, 0.6) is 5.75 Å². The van der Waals surface area contributed by atoms with E-state index in [0.717, 1.165) is 21.8 Å². The van der Waals surface area contributed by atoms with Crippen LogP contribution in [0, 0.1) is 0 Å². The maximum absolute atomic E-state index is 12.4. The minimum absolute atomic E-state index is 0.00456. The second kappa shape index (κ2) is 7.75. The Labute approximate surface area is 145 Å². The predicted molar refractivity (Wildman–Crippen MR) is 95.2 cm³/mol. The second-order valence-corrected chi connectivity index (χ2v) is 6.34. The van der Waals surface area contributed by atoms with Crippen LogP contribution < -0.4 is 10.1 Å². The summed E-state index contributed by atoms with van der Waals surface area (Å²) in [5.74, 6) is 0.784. The minimum atomic E-state index is -0.216. The topological polar surface area (TPSA) is 51.2 Å². The molecule has 0 saturated heterocycles. The van der Waals surface area contributed by atoms with Crippen LogP contribution in [0.15, 0.2) is 66.3 Å². The minimum Gasteiger partial charge on any atom is -0.497 e. The summed E-state index contributed by atoms with van der Waals surface area (Å²) in [6.07, 6.45) is 3.85. The van der Waals surface area contributed by atoms with E-state index in [1.165, 1.54) is 0 Å². The lowest BCUT2D eigenvalue weighted by Gasteiger charge is -2.20. The first kappa shape index (κ1) is 16.2. The van der Waals surface area contributed by atoms with Gasteiger partial charge in [0.1, 0.15) is 5.75 Å². The van der Waals surface area contributed by atoms with Crippen molar-refractivity contribution in [2.45, 2.75) is 12.5 Å². The number of thiophene rings is 1. The van der Waals surface area contributed by atoms with Gasteiger partial charge in [0.15, 0.2) is 0 Å². The Bertz CT molecular complexity index is 771. The van der Waals surface area contributed by atoms with Crippen LogP contribution in [0.3, 0.4) is 0 Å². The molecule has 0 radical (unpaired) electrons. The number of benzene rings is 1. The van der Waals surface area contributed by atoms with Gasteiger partial charge in [-0.15, -0.1) is 11.3 Å². The fourth-order valence-electron chi connectivity index (χ4n) is 2.49. The number of methoxy groups -OCH3 is 1. The molecule has 0 unspecified atom stereocenters. The molecule has 0 spiro atoms. The van der Waals surface area contributed by atoms with Crippen molar-refractivity contribution in [1.29, 1.82) is 0 Å². The third-order valence-corrected chi connectivity index (χ3v) is 4.59. The SMILES string of the molecule is COc1ccc([C@@H](NC(=O)Cc2cccs2)c2ccncc2)cc1. The van der Waals surface area contributed by atoms with Crippen molar-refractivity contribution >= 4 is 17.2 Å². The van der Waals surface area contributed by atoms with Crippen LogP contribution in [-0.2, 0) is 11.2 Å². The van der Waals surface area contributed by atoms with Crippen LogP contribution in [0.4, 0.5) is 0 Å². The Balaban J connectivity index is 1.83. The maximum Gasteiger partial charge on any atom is 0.226 e. The summed E-state index contributed by atoms with van der Waals surface area (Å²) < 4.78 is 5.21. The molecule has 3 rings (SSSR count). The van der Waals surface area contributed by atoms with E-state index in [1.807, 2.05) is 53.9 Å². The quantitative estimate of drug-likeness (QED) is 0.747. The fraction of sp³-hybridized carbons (Fsp3) is 0.158. The molecule has 2 heterocycles. The lowest BCUT2D eigenvalue weighted by Crippen LogP contribution is -2.30. The highest BCUT2D eigenvalue weighted by Crippen LogP contribution is 2.24. The third-order valence-electron chi connectivity index (χ3n) is 3.71. The molecule has 24 heavy (non-hydrogen) atoms. The van der Waals surface area contributed by atoms with Crippen molar-refractivity contribution < 1.29 is 9.53 Å². The molecular formula is C19H18N2O2S. The predicted octanol–water partition coefficient (Wildman–Crippen LogP) is 3.60. The molecule has 0 aliphatic rings. The normalized spacial score (nSPS) is 11.7. The molecule has 1 N–H and O–H groups in total. The number of hydrogen-bond acceptors (Lipinski definition) is 4. The smallest absolute Gasteiger partial charge is 0.226 e. The summed E-state index contributed by atoms with van der Waals surface area (Å²) >= 11 is 1.59. The van der Waals surface area contributed by atoms with Crippen molar-refractivity contribution in [1.82, 2.24) is 10.3 Å². The number of pyridine rings is 1. The van der Waals surface area contributed by atoms with Gasteiger partial charge in [0.25, 0.3) is 0 Å². The molecule has 0 bridgehead atoms. The van der Waals surface area contributed by atoms with Gasteiger partial charge >= 0.3 is 0 Å². The van der Waals surface area contributed by atoms with Gasteiger partial charge in [0.2, 0.25) is 5.91 Å². The molecule has 0 fully saturated rings. The first-order valence-electron chi connectivity index (χ1n) is 7.62. The molecule has 1 aromatic carbocycles.